The van der Waals surface area contributed by atoms with E-state index in [1.807, 2.05) is 13.8 Å². The van der Waals surface area contributed by atoms with Gasteiger partial charge in [-0.2, -0.15) is 0 Å². The molecule has 0 saturated heterocycles. The van der Waals surface area contributed by atoms with Crippen molar-refractivity contribution in [1.29, 1.82) is 0 Å². The molecular weight excluding hydrogens is 340 g/mol. The average molecular weight is 371 g/mol. The quantitative estimate of drug-likeness (QED) is 0.640. The predicted octanol–water partition coefficient (Wildman–Crippen LogP) is 2.05. The van der Waals surface area contributed by atoms with Gasteiger partial charge in [0.2, 0.25) is 11.8 Å². The van der Waals surface area contributed by atoms with Crippen molar-refractivity contribution in [2.24, 2.45) is 34.8 Å². The van der Waals surface area contributed by atoms with Crippen LogP contribution in [0, 0.1) is 29.1 Å². The molecule has 0 heterocycles. The Morgan fingerprint density at radius 3 is 2.04 bits per heavy atom. The van der Waals surface area contributed by atoms with E-state index in [2.05, 4.69) is 10.6 Å². The summed E-state index contributed by atoms with van der Waals surface area (Å²) in [6.07, 6.45) is 6.41. The van der Waals surface area contributed by atoms with Crippen LogP contribution in [0.1, 0.15) is 52.4 Å². The zero-order valence-corrected chi connectivity index (χ0v) is 15.7. The fourth-order valence-electron chi connectivity index (χ4n) is 5.62. The van der Waals surface area contributed by atoms with Crippen molar-refractivity contribution in [1.82, 2.24) is 10.6 Å². The van der Waals surface area contributed by atoms with Gasteiger partial charge in [-0.25, -0.2) is 8.78 Å². The highest BCUT2D eigenvalue weighted by atomic mass is 19.3. The topological polar surface area (TPSA) is 84.2 Å². The summed E-state index contributed by atoms with van der Waals surface area (Å²) in [5.74, 6) is -2.06. The van der Waals surface area contributed by atoms with Crippen LogP contribution < -0.4 is 16.4 Å². The second-order valence-electron chi connectivity index (χ2n) is 9.17. The van der Waals surface area contributed by atoms with Gasteiger partial charge in [0.25, 0.3) is 5.92 Å². The van der Waals surface area contributed by atoms with Crippen molar-refractivity contribution < 1.29 is 18.4 Å². The number of nitrogens with one attached hydrogen (secondary N) is 2. The fraction of sp³-hybridized carbons (Fsp3) is 0.895. The van der Waals surface area contributed by atoms with E-state index in [0.717, 1.165) is 19.3 Å². The van der Waals surface area contributed by atoms with E-state index in [1.54, 1.807) is 0 Å². The molecule has 1 unspecified atom stereocenters. The van der Waals surface area contributed by atoms with Gasteiger partial charge >= 0.3 is 0 Å². The van der Waals surface area contributed by atoms with Gasteiger partial charge in [0.05, 0.1) is 13.1 Å². The maximum atomic E-state index is 13.3. The number of carbonyl (C=O) groups excluding carboxylic acids is 2. The SMILES string of the molecule is CC(C)C(NC(=O)C12CC3CC(CC(C3)C1)C2)C(=O)NCC(F)(F)CN. The molecule has 0 spiro atoms. The molecule has 4 N–H and O–H groups in total. The molecule has 4 saturated carbocycles. The third kappa shape index (κ3) is 3.87. The van der Waals surface area contributed by atoms with Crippen LogP contribution in [-0.2, 0) is 9.59 Å². The summed E-state index contributed by atoms with van der Waals surface area (Å²) in [5, 5.41) is 5.15. The average Bonchev–Trinajstić information content (AvgIpc) is 2.56. The Morgan fingerprint density at radius 2 is 1.62 bits per heavy atom. The molecule has 148 valence electrons. The lowest BCUT2D eigenvalue weighted by Crippen LogP contribution is -2.59. The van der Waals surface area contributed by atoms with Gasteiger partial charge in [-0.05, 0) is 62.2 Å². The summed E-state index contributed by atoms with van der Waals surface area (Å²) in [6, 6.07) is -0.802. The van der Waals surface area contributed by atoms with Crippen LogP contribution in [0.15, 0.2) is 0 Å². The second-order valence-corrected chi connectivity index (χ2v) is 9.17. The smallest absolute Gasteiger partial charge is 0.277 e. The molecule has 4 aliphatic rings. The fourth-order valence-corrected chi connectivity index (χ4v) is 5.62. The molecule has 26 heavy (non-hydrogen) atoms. The highest BCUT2D eigenvalue weighted by molar-refractivity contribution is 5.90. The van der Waals surface area contributed by atoms with Crippen LogP contribution >= 0.6 is 0 Å². The minimum Gasteiger partial charge on any atom is -0.348 e. The Labute approximate surface area is 153 Å². The Balaban J connectivity index is 1.64. The maximum Gasteiger partial charge on any atom is 0.277 e. The first-order valence-corrected chi connectivity index (χ1v) is 9.81. The summed E-state index contributed by atoms with van der Waals surface area (Å²) in [5.41, 5.74) is 4.65. The number of hydrogen-bond donors (Lipinski definition) is 3. The van der Waals surface area contributed by atoms with Gasteiger partial charge < -0.3 is 16.4 Å². The van der Waals surface area contributed by atoms with Crippen molar-refractivity contribution in [2.75, 3.05) is 13.1 Å². The number of hydrogen-bond acceptors (Lipinski definition) is 3. The molecule has 4 rings (SSSR count). The van der Waals surface area contributed by atoms with Crippen molar-refractivity contribution >= 4 is 11.8 Å². The Bertz CT molecular complexity index is 530. The molecule has 0 aliphatic heterocycles. The van der Waals surface area contributed by atoms with E-state index >= 15 is 0 Å². The highest BCUT2D eigenvalue weighted by Crippen LogP contribution is 2.60. The third-order valence-corrected chi connectivity index (χ3v) is 6.58. The zero-order chi connectivity index (χ0) is 19.1. The maximum absolute atomic E-state index is 13.3. The molecule has 4 aliphatic carbocycles. The van der Waals surface area contributed by atoms with E-state index in [-0.39, 0.29) is 17.2 Å². The number of amides is 2. The van der Waals surface area contributed by atoms with E-state index in [0.29, 0.717) is 17.8 Å². The van der Waals surface area contributed by atoms with Crippen LogP contribution in [0.25, 0.3) is 0 Å². The van der Waals surface area contributed by atoms with Crippen LogP contribution in [0.2, 0.25) is 0 Å². The van der Waals surface area contributed by atoms with Crippen molar-refractivity contribution in [3.63, 3.8) is 0 Å². The zero-order valence-electron chi connectivity index (χ0n) is 15.7. The van der Waals surface area contributed by atoms with Crippen LogP contribution in [-0.4, -0.2) is 36.9 Å². The van der Waals surface area contributed by atoms with Crippen molar-refractivity contribution in [2.45, 2.75) is 64.3 Å². The Hall–Kier alpha value is -1.24. The molecule has 4 bridgehead atoms. The summed E-state index contributed by atoms with van der Waals surface area (Å²) >= 11 is 0. The van der Waals surface area contributed by atoms with Gasteiger partial charge in [-0.3, -0.25) is 9.59 Å². The summed E-state index contributed by atoms with van der Waals surface area (Å²) in [6.45, 7) is 1.99. The van der Waals surface area contributed by atoms with E-state index in [4.69, 9.17) is 5.73 Å². The molecule has 5 nitrogen and oxygen atoms in total. The number of alkyl halides is 2. The number of carbonyl (C=O) groups is 2. The minimum absolute atomic E-state index is 0.0592. The first-order chi connectivity index (χ1) is 12.1. The molecule has 0 aromatic carbocycles. The van der Waals surface area contributed by atoms with Gasteiger partial charge in [0.15, 0.2) is 0 Å². The third-order valence-electron chi connectivity index (χ3n) is 6.58. The molecule has 4 fully saturated rings. The van der Waals surface area contributed by atoms with E-state index in [9.17, 15) is 18.4 Å². The normalized spacial score (nSPS) is 34.0. The van der Waals surface area contributed by atoms with E-state index in [1.165, 1.54) is 19.3 Å². The summed E-state index contributed by atoms with van der Waals surface area (Å²) in [7, 11) is 0. The summed E-state index contributed by atoms with van der Waals surface area (Å²) < 4.78 is 26.6. The Morgan fingerprint density at radius 1 is 1.12 bits per heavy atom. The monoisotopic (exact) mass is 371 g/mol. The van der Waals surface area contributed by atoms with Crippen molar-refractivity contribution in [3.8, 4) is 0 Å². The molecule has 0 aromatic rings. The first kappa shape index (κ1) is 19.5. The van der Waals surface area contributed by atoms with Gasteiger partial charge in [-0.1, -0.05) is 13.8 Å². The summed E-state index contributed by atoms with van der Waals surface area (Å²) in [4.78, 5) is 25.5. The van der Waals surface area contributed by atoms with Crippen LogP contribution in [0.4, 0.5) is 8.78 Å². The molecule has 1 atom stereocenters. The number of halogens is 2. The second kappa shape index (κ2) is 7.06. The molecule has 0 aromatic heterocycles. The lowest BCUT2D eigenvalue weighted by molar-refractivity contribution is -0.149. The first-order valence-electron chi connectivity index (χ1n) is 9.81. The Kier molecular flexibility index (Phi) is 5.30. The molecule has 0 radical (unpaired) electrons. The lowest BCUT2D eigenvalue weighted by Gasteiger charge is -2.55. The number of rotatable bonds is 7. The van der Waals surface area contributed by atoms with Gasteiger partial charge in [0.1, 0.15) is 6.04 Å². The number of nitrogens with two attached hydrogens (primary N) is 1. The molecule has 7 heteroatoms. The largest absolute Gasteiger partial charge is 0.348 e. The minimum atomic E-state index is -3.14. The standard InChI is InChI=1S/C19H31F2N3O2/c1-11(2)15(16(25)23-10-19(20,21)9-22)24-17(26)18-6-12-3-13(7-18)5-14(4-12)8-18/h11-15H,3-10,22H2,1-2H3,(H,23,25)(H,24,26). The van der Waals surface area contributed by atoms with Crippen molar-refractivity contribution in [3.05, 3.63) is 0 Å². The van der Waals surface area contributed by atoms with Crippen LogP contribution in [0.3, 0.4) is 0 Å². The van der Waals surface area contributed by atoms with Gasteiger partial charge in [-0.15, -0.1) is 0 Å². The van der Waals surface area contributed by atoms with Crippen LogP contribution in [0.5, 0.6) is 0 Å². The molecule has 2 amide bonds. The van der Waals surface area contributed by atoms with E-state index < -0.39 is 31.0 Å². The van der Waals surface area contributed by atoms with Gasteiger partial charge in [0, 0.05) is 5.41 Å². The highest BCUT2D eigenvalue weighted by Gasteiger charge is 2.55. The molecular formula is C19H31F2N3O2. The lowest BCUT2D eigenvalue weighted by atomic mass is 9.49. The predicted molar refractivity (Wildman–Crippen MR) is 94.4 cm³/mol.